The van der Waals surface area contributed by atoms with Crippen LogP contribution in [0.4, 0.5) is 0 Å². The summed E-state index contributed by atoms with van der Waals surface area (Å²) in [6.45, 7) is 5.30. The lowest BCUT2D eigenvalue weighted by molar-refractivity contribution is -0.115. The number of hydrogen-bond acceptors (Lipinski definition) is 4. The maximum atomic E-state index is 11.7. The Morgan fingerprint density at radius 3 is 2.37 bits per heavy atom. The average Bonchev–Trinajstić information content (AvgIpc) is 2.95. The number of benzene rings is 2. The topological polar surface area (TPSA) is 59.6 Å². The van der Waals surface area contributed by atoms with Crippen LogP contribution in [0.3, 0.4) is 0 Å². The van der Waals surface area contributed by atoms with Crippen LogP contribution in [0.25, 0.3) is 6.08 Å². The Labute approximate surface area is 164 Å². The Bertz CT molecular complexity index is 893. The van der Waals surface area contributed by atoms with Gasteiger partial charge in [0.1, 0.15) is 17.2 Å². The highest BCUT2D eigenvalue weighted by Gasteiger charge is 2.19. The van der Waals surface area contributed by atoms with E-state index in [-0.39, 0.29) is 5.91 Å². The third kappa shape index (κ3) is 5.31. The van der Waals surface area contributed by atoms with Gasteiger partial charge >= 0.3 is 0 Å². The van der Waals surface area contributed by atoms with Crippen molar-refractivity contribution < 1.29 is 14.3 Å². The fourth-order valence-corrected chi connectivity index (χ4v) is 2.79. The summed E-state index contributed by atoms with van der Waals surface area (Å²) >= 11 is 4.93. The first-order valence-corrected chi connectivity index (χ1v) is 9.19. The van der Waals surface area contributed by atoms with Crippen LogP contribution in [-0.2, 0) is 4.79 Å². The van der Waals surface area contributed by atoms with E-state index < -0.39 is 0 Å². The smallest absolute Gasteiger partial charge is 0.273 e. The molecule has 0 aromatic heterocycles. The summed E-state index contributed by atoms with van der Waals surface area (Å²) in [5, 5.41) is 5.69. The summed E-state index contributed by atoms with van der Waals surface area (Å²) in [6.07, 6.45) is 2.51. The molecular weight excluding hydrogens is 360 g/mol. The lowest BCUT2D eigenvalue weighted by Crippen LogP contribution is -2.21. The Hall–Kier alpha value is -2.86. The number of hydrogen-bond donors (Lipinski definition) is 2. The largest absolute Gasteiger partial charge is 0.493 e. The Morgan fingerprint density at radius 2 is 1.70 bits per heavy atom. The van der Waals surface area contributed by atoms with E-state index in [4.69, 9.17) is 21.7 Å². The fourth-order valence-electron chi connectivity index (χ4n) is 2.59. The number of nitrogens with one attached hydrogen (secondary N) is 2. The van der Waals surface area contributed by atoms with Crippen molar-refractivity contribution in [3.05, 3.63) is 64.9 Å². The Kier molecular flexibility index (Phi) is 6.08. The van der Waals surface area contributed by atoms with Crippen LogP contribution in [0.1, 0.15) is 23.1 Å². The number of carbonyl (C=O) groups is 1. The van der Waals surface area contributed by atoms with Crippen LogP contribution < -0.4 is 20.1 Å². The van der Waals surface area contributed by atoms with Crippen LogP contribution in [0, 0.1) is 13.8 Å². The van der Waals surface area contributed by atoms with E-state index in [1.54, 1.807) is 6.08 Å². The zero-order valence-electron chi connectivity index (χ0n) is 15.4. The number of carbonyl (C=O) groups excluding carboxylic acids is 1. The lowest BCUT2D eigenvalue weighted by Gasteiger charge is -2.10. The summed E-state index contributed by atoms with van der Waals surface area (Å²) in [6, 6.07) is 13.7. The molecule has 1 aliphatic heterocycles. The van der Waals surface area contributed by atoms with E-state index in [2.05, 4.69) is 30.5 Å². The first-order valence-electron chi connectivity index (χ1n) is 8.78. The number of thiocarbonyl (C=S) groups is 1. The van der Waals surface area contributed by atoms with Gasteiger partial charge in [-0.25, -0.2) is 0 Å². The average molecular weight is 382 g/mol. The third-order valence-electron chi connectivity index (χ3n) is 4.19. The molecular formula is C21H22N2O3S. The zero-order valence-corrected chi connectivity index (χ0v) is 16.2. The first-order chi connectivity index (χ1) is 13.0. The Balaban J connectivity index is 1.47. The maximum Gasteiger partial charge on any atom is 0.273 e. The molecule has 0 radical (unpaired) electrons. The van der Waals surface area contributed by atoms with Gasteiger partial charge in [0.05, 0.1) is 13.2 Å². The quantitative estimate of drug-likeness (QED) is 0.436. The highest BCUT2D eigenvalue weighted by molar-refractivity contribution is 7.80. The van der Waals surface area contributed by atoms with Gasteiger partial charge in [0.25, 0.3) is 5.91 Å². The van der Waals surface area contributed by atoms with Crippen LogP contribution in [0.15, 0.2) is 48.2 Å². The van der Waals surface area contributed by atoms with Crippen LogP contribution in [-0.4, -0.2) is 24.2 Å². The molecule has 1 fully saturated rings. The Morgan fingerprint density at radius 1 is 0.963 bits per heavy atom. The van der Waals surface area contributed by atoms with Gasteiger partial charge in [0, 0.05) is 6.42 Å². The van der Waals surface area contributed by atoms with Gasteiger partial charge in [-0.1, -0.05) is 18.2 Å². The minimum atomic E-state index is -0.227. The van der Waals surface area contributed by atoms with E-state index in [0.717, 1.165) is 23.5 Å². The van der Waals surface area contributed by atoms with Gasteiger partial charge in [0.2, 0.25) is 0 Å². The highest BCUT2D eigenvalue weighted by Crippen LogP contribution is 2.18. The van der Waals surface area contributed by atoms with E-state index >= 15 is 0 Å². The predicted molar refractivity (Wildman–Crippen MR) is 110 cm³/mol. The number of rotatable bonds is 7. The SMILES string of the molecule is Cc1ccc(OCCCOc2cccc(C=C3NC(=S)NC3=O)c2)cc1C. The second-order valence-corrected chi connectivity index (χ2v) is 6.74. The zero-order chi connectivity index (χ0) is 19.2. The number of aryl methyl sites for hydroxylation is 2. The minimum absolute atomic E-state index is 0.227. The van der Waals surface area contributed by atoms with E-state index in [1.165, 1.54) is 11.1 Å². The fraction of sp³-hybridized carbons (Fsp3) is 0.238. The second kappa shape index (κ2) is 8.68. The summed E-state index contributed by atoms with van der Waals surface area (Å²) in [5.74, 6) is 1.40. The van der Waals surface area contributed by atoms with Crippen LogP contribution >= 0.6 is 12.2 Å². The molecule has 5 nitrogen and oxygen atoms in total. The second-order valence-electron chi connectivity index (χ2n) is 6.34. The molecule has 0 aliphatic carbocycles. The molecule has 0 unspecified atom stereocenters. The molecule has 1 amide bonds. The molecule has 0 bridgehead atoms. The number of ether oxygens (including phenoxy) is 2. The van der Waals surface area contributed by atoms with E-state index in [0.29, 0.717) is 24.0 Å². The predicted octanol–water partition coefficient (Wildman–Crippen LogP) is 3.50. The lowest BCUT2D eigenvalue weighted by atomic mass is 10.1. The van der Waals surface area contributed by atoms with Gasteiger partial charge in [0.15, 0.2) is 5.11 Å². The summed E-state index contributed by atoms with van der Waals surface area (Å²) in [4.78, 5) is 11.7. The third-order valence-corrected chi connectivity index (χ3v) is 4.40. The van der Waals surface area contributed by atoms with E-state index in [9.17, 15) is 4.79 Å². The van der Waals surface area contributed by atoms with Gasteiger partial charge in [-0.05, 0) is 73.1 Å². The summed E-state index contributed by atoms with van der Waals surface area (Å²) in [5.41, 5.74) is 3.77. The van der Waals surface area contributed by atoms with Crippen molar-refractivity contribution in [2.24, 2.45) is 0 Å². The molecule has 0 atom stereocenters. The van der Waals surface area contributed by atoms with Crippen molar-refractivity contribution in [3.8, 4) is 11.5 Å². The number of amides is 1. The molecule has 1 heterocycles. The first kappa shape index (κ1) is 18.9. The van der Waals surface area contributed by atoms with Gasteiger partial charge in [-0.3, -0.25) is 10.1 Å². The van der Waals surface area contributed by atoms with Gasteiger partial charge < -0.3 is 14.8 Å². The van der Waals surface area contributed by atoms with Crippen molar-refractivity contribution in [2.45, 2.75) is 20.3 Å². The molecule has 27 heavy (non-hydrogen) atoms. The molecule has 2 N–H and O–H groups in total. The van der Waals surface area contributed by atoms with Crippen LogP contribution in [0.2, 0.25) is 0 Å². The standard InChI is InChI=1S/C21H22N2O3S/c1-14-7-8-18(11-15(14)2)26-10-4-9-25-17-6-3-5-16(12-17)13-19-20(24)23-21(27)22-19/h3,5-8,11-13H,4,9-10H2,1-2H3,(H2,22,23,24,27). The highest BCUT2D eigenvalue weighted by atomic mass is 32.1. The molecule has 1 saturated heterocycles. The van der Waals surface area contributed by atoms with Crippen molar-refractivity contribution in [3.63, 3.8) is 0 Å². The molecule has 0 saturated carbocycles. The van der Waals surface area contributed by atoms with Gasteiger partial charge in [-0.15, -0.1) is 0 Å². The van der Waals surface area contributed by atoms with Crippen molar-refractivity contribution in [1.82, 2.24) is 10.6 Å². The summed E-state index contributed by atoms with van der Waals surface area (Å²) in [7, 11) is 0. The molecule has 3 rings (SSSR count). The molecule has 140 valence electrons. The maximum absolute atomic E-state index is 11.7. The molecule has 1 aliphatic rings. The van der Waals surface area contributed by atoms with Gasteiger partial charge in [-0.2, -0.15) is 0 Å². The molecule has 0 spiro atoms. The molecule has 6 heteroatoms. The molecule has 2 aromatic carbocycles. The van der Waals surface area contributed by atoms with Crippen LogP contribution in [0.5, 0.6) is 11.5 Å². The van der Waals surface area contributed by atoms with Crippen molar-refractivity contribution in [1.29, 1.82) is 0 Å². The van der Waals surface area contributed by atoms with Crippen molar-refractivity contribution >= 4 is 29.3 Å². The molecule has 2 aromatic rings. The normalized spacial score (nSPS) is 14.8. The van der Waals surface area contributed by atoms with Crippen molar-refractivity contribution in [2.75, 3.05) is 13.2 Å². The summed E-state index contributed by atoms with van der Waals surface area (Å²) < 4.78 is 11.5. The van der Waals surface area contributed by atoms with E-state index in [1.807, 2.05) is 36.4 Å². The monoisotopic (exact) mass is 382 g/mol. The minimum Gasteiger partial charge on any atom is -0.493 e.